The zero-order valence-electron chi connectivity index (χ0n) is 19.3. The van der Waals surface area contributed by atoms with Crippen molar-refractivity contribution in [3.63, 3.8) is 0 Å². The number of carbonyl (C=O) groups is 1. The first kappa shape index (κ1) is 25.1. The van der Waals surface area contributed by atoms with E-state index in [0.29, 0.717) is 22.3 Å². The largest absolute Gasteiger partial charge is 0.497 e. The van der Waals surface area contributed by atoms with Crippen molar-refractivity contribution >= 4 is 40.9 Å². The minimum absolute atomic E-state index is 0.283. The van der Waals surface area contributed by atoms with Crippen LogP contribution in [0.1, 0.15) is 28.7 Å². The Hall–Kier alpha value is -3.00. The molecule has 3 aromatic carbocycles. The van der Waals surface area contributed by atoms with Gasteiger partial charge in [0.2, 0.25) is 0 Å². The molecule has 0 aliphatic carbocycles. The van der Waals surface area contributed by atoms with E-state index >= 15 is 0 Å². The number of benzene rings is 3. The normalized spacial score (nSPS) is 10.9. The number of methoxy groups -OCH3 is 1. The van der Waals surface area contributed by atoms with E-state index in [1.807, 2.05) is 65.3 Å². The summed E-state index contributed by atoms with van der Waals surface area (Å²) in [6, 6.07) is 21.4. The van der Waals surface area contributed by atoms with Crippen LogP contribution in [0.25, 0.3) is 11.1 Å². The third-order valence-corrected chi connectivity index (χ3v) is 6.74. The summed E-state index contributed by atoms with van der Waals surface area (Å²) >= 11 is 13.9. The summed E-state index contributed by atoms with van der Waals surface area (Å²) < 4.78 is 12.3. The van der Waals surface area contributed by atoms with Crippen LogP contribution in [0.15, 0.2) is 71.6 Å². The molecule has 1 N–H and O–H groups in total. The molecule has 0 spiro atoms. The monoisotopic (exact) mass is 528 g/mol. The number of thioether (sulfide) groups is 1. The molecule has 9 heteroatoms. The van der Waals surface area contributed by atoms with E-state index in [4.69, 9.17) is 32.7 Å². The third kappa shape index (κ3) is 6.36. The highest BCUT2D eigenvalue weighted by Gasteiger charge is 2.29. The number of ether oxygens (including phenoxy) is 2. The Kier molecular flexibility index (Phi) is 8.33. The van der Waals surface area contributed by atoms with Gasteiger partial charge in [0, 0.05) is 14.9 Å². The molecule has 6 nitrogen and oxygen atoms in total. The minimum Gasteiger partial charge on any atom is -0.497 e. The first-order valence-electron chi connectivity index (χ1n) is 10.9. The lowest BCUT2D eigenvalue weighted by Gasteiger charge is -2.07. The van der Waals surface area contributed by atoms with Gasteiger partial charge in [-0.1, -0.05) is 52.7 Å². The molecule has 180 valence electrons. The van der Waals surface area contributed by atoms with E-state index in [1.165, 1.54) is 0 Å². The highest BCUT2D eigenvalue weighted by molar-refractivity contribution is 7.98. The average Bonchev–Trinajstić information content (AvgIpc) is 3.25. The number of aromatic nitrogens is 3. The summed E-state index contributed by atoms with van der Waals surface area (Å²) in [5.41, 5.74) is 4.07. The van der Waals surface area contributed by atoms with Crippen LogP contribution in [0.5, 0.6) is 5.75 Å². The number of rotatable bonds is 9. The quantitative estimate of drug-likeness (QED) is 0.159. The van der Waals surface area contributed by atoms with Crippen LogP contribution in [-0.2, 0) is 17.0 Å². The van der Waals surface area contributed by atoms with Gasteiger partial charge in [-0.2, -0.15) is 4.68 Å². The number of nitrogens with zero attached hydrogens (tertiary/aromatic N) is 2. The van der Waals surface area contributed by atoms with Crippen LogP contribution in [0.2, 0.25) is 10.0 Å². The Morgan fingerprint density at radius 3 is 2.31 bits per heavy atom. The van der Waals surface area contributed by atoms with Gasteiger partial charge < -0.3 is 9.47 Å². The summed E-state index contributed by atoms with van der Waals surface area (Å²) in [6.07, 6.45) is 0. The first-order chi connectivity index (χ1) is 17.0. The van der Waals surface area contributed by atoms with Gasteiger partial charge in [0.1, 0.15) is 12.3 Å². The van der Waals surface area contributed by atoms with Gasteiger partial charge in [-0.25, -0.2) is 4.79 Å². The molecule has 0 saturated carbocycles. The number of aromatic amines is 1. The SMILES string of the molecule is CCOC(=O)c1n[nH][n+](Cc2ccc(OC)cc2)c1CSc1ccc(-c2cc(Cl)cc(Cl)c2)cc1. The molecule has 1 aromatic heterocycles. The van der Waals surface area contributed by atoms with E-state index in [1.54, 1.807) is 31.9 Å². The molecule has 0 unspecified atom stereocenters. The average molecular weight is 529 g/mol. The van der Waals surface area contributed by atoms with E-state index in [2.05, 4.69) is 10.3 Å². The number of carbonyl (C=O) groups excluding carboxylic acids is 1. The van der Waals surface area contributed by atoms with E-state index < -0.39 is 5.97 Å². The fraction of sp³-hybridized carbons (Fsp3) is 0.192. The van der Waals surface area contributed by atoms with E-state index in [-0.39, 0.29) is 12.3 Å². The van der Waals surface area contributed by atoms with Crippen LogP contribution in [0.3, 0.4) is 0 Å². The van der Waals surface area contributed by atoms with Crippen LogP contribution >= 0.6 is 35.0 Å². The summed E-state index contributed by atoms with van der Waals surface area (Å²) in [7, 11) is 1.64. The smallest absolute Gasteiger partial charge is 0.389 e. The van der Waals surface area contributed by atoms with Gasteiger partial charge in [0.25, 0.3) is 0 Å². The predicted octanol–water partition coefficient (Wildman–Crippen LogP) is 6.20. The maximum atomic E-state index is 12.5. The molecule has 0 atom stereocenters. The van der Waals surface area contributed by atoms with Crippen molar-refractivity contribution in [1.29, 1.82) is 0 Å². The Bertz CT molecular complexity index is 1290. The molecule has 35 heavy (non-hydrogen) atoms. The van der Waals surface area contributed by atoms with Crippen molar-refractivity contribution < 1.29 is 19.0 Å². The highest BCUT2D eigenvalue weighted by Crippen LogP contribution is 2.30. The molecule has 0 radical (unpaired) electrons. The maximum Gasteiger partial charge on any atom is 0.389 e. The second-order valence-corrected chi connectivity index (χ2v) is 9.55. The highest BCUT2D eigenvalue weighted by atomic mass is 35.5. The standard InChI is InChI=1S/C26H23Cl2N3O3S/c1-3-34-26(32)25-24(31(30-29-25)15-17-4-8-22(33-2)9-5-17)16-35-23-10-6-18(7-11-23)19-12-20(27)14-21(28)13-19/h4-14H,3,15-16H2,1-2H3/p+1. The predicted molar refractivity (Wildman–Crippen MR) is 138 cm³/mol. The fourth-order valence-electron chi connectivity index (χ4n) is 3.53. The van der Waals surface area contributed by atoms with Crippen LogP contribution in [0.4, 0.5) is 0 Å². The molecule has 0 saturated heterocycles. The van der Waals surface area contributed by atoms with Crippen LogP contribution in [0, 0.1) is 0 Å². The zero-order chi connectivity index (χ0) is 24.8. The third-order valence-electron chi connectivity index (χ3n) is 5.28. The van der Waals surface area contributed by atoms with Gasteiger partial charge in [-0.3, -0.25) is 0 Å². The Morgan fingerprint density at radius 1 is 1.00 bits per heavy atom. The molecule has 0 fully saturated rings. The first-order valence-corrected chi connectivity index (χ1v) is 12.7. The maximum absolute atomic E-state index is 12.5. The molecule has 4 rings (SSSR count). The van der Waals surface area contributed by atoms with Crippen molar-refractivity contribution in [2.24, 2.45) is 0 Å². The van der Waals surface area contributed by atoms with Gasteiger partial charge in [-0.15, -0.1) is 11.8 Å². The summed E-state index contributed by atoms with van der Waals surface area (Å²) in [4.78, 5) is 13.6. The fourth-order valence-corrected chi connectivity index (χ4v) is 4.98. The van der Waals surface area contributed by atoms with Gasteiger partial charge in [0.15, 0.2) is 5.69 Å². The van der Waals surface area contributed by atoms with Gasteiger partial charge in [0.05, 0.1) is 24.6 Å². The van der Waals surface area contributed by atoms with Crippen molar-refractivity contribution in [1.82, 2.24) is 10.3 Å². The minimum atomic E-state index is -0.444. The summed E-state index contributed by atoms with van der Waals surface area (Å²) in [6.45, 7) is 2.59. The number of nitrogens with one attached hydrogen (secondary N) is 1. The van der Waals surface area contributed by atoms with Crippen molar-refractivity contribution in [3.05, 3.63) is 93.7 Å². The molecule has 0 aliphatic rings. The number of hydrogen-bond donors (Lipinski definition) is 1. The number of H-pyrrole nitrogens is 1. The van der Waals surface area contributed by atoms with Crippen molar-refractivity contribution in [3.8, 4) is 16.9 Å². The van der Waals surface area contributed by atoms with E-state index in [0.717, 1.165) is 33.0 Å². The Morgan fingerprint density at radius 2 is 1.69 bits per heavy atom. The molecule has 1 heterocycles. The molecular formula is C26H24Cl2N3O3S+. The molecule has 0 aliphatic heterocycles. The number of hydrogen-bond acceptors (Lipinski definition) is 5. The van der Waals surface area contributed by atoms with Crippen molar-refractivity contribution in [2.75, 3.05) is 13.7 Å². The number of esters is 1. The Labute approximate surface area is 218 Å². The van der Waals surface area contributed by atoms with Crippen LogP contribution in [-0.4, -0.2) is 30.0 Å². The second kappa shape index (κ2) is 11.6. The van der Waals surface area contributed by atoms with Crippen LogP contribution < -0.4 is 9.42 Å². The topological polar surface area (TPSA) is 68.1 Å². The molecular weight excluding hydrogens is 505 g/mol. The number of halogens is 2. The van der Waals surface area contributed by atoms with Gasteiger partial charge >= 0.3 is 11.7 Å². The molecule has 0 amide bonds. The Balaban J connectivity index is 1.53. The lowest BCUT2D eigenvalue weighted by molar-refractivity contribution is -0.751. The zero-order valence-corrected chi connectivity index (χ0v) is 21.6. The molecule has 0 bridgehead atoms. The van der Waals surface area contributed by atoms with Gasteiger partial charge in [-0.05, 0) is 66.1 Å². The van der Waals surface area contributed by atoms with Crippen molar-refractivity contribution in [2.45, 2.75) is 24.1 Å². The second-order valence-electron chi connectivity index (χ2n) is 7.63. The summed E-state index contributed by atoms with van der Waals surface area (Å²) in [5.74, 6) is 0.874. The lowest BCUT2D eigenvalue weighted by Crippen LogP contribution is -2.40. The lowest BCUT2D eigenvalue weighted by atomic mass is 10.1. The molecule has 4 aromatic rings. The van der Waals surface area contributed by atoms with E-state index in [9.17, 15) is 4.79 Å². The summed E-state index contributed by atoms with van der Waals surface area (Å²) in [5, 5.41) is 8.40.